The second kappa shape index (κ2) is 4.61. The van der Waals surface area contributed by atoms with Crippen LogP contribution < -0.4 is 0 Å². The molecule has 16 heavy (non-hydrogen) atoms. The van der Waals surface area contributed by atoms with E-state index in [0.717, 1.165) is 10.0 Å². The van der Waals surface area contributed by atoms with E-state index >= 15 is 0 Å². The third-order valence-corrected chi connectivity index (χ3v) is 3.19. The van der Waals surface area contributed by atoms with Crippen LogP contribution in [-0.4, -0.2) is 15.6 Å². The van der Waals surface area contributed by atoms with Gasteiger partial charge >= 0.3 is 0 Å². The molecule has 0 aliphatic carbocycles. The summed E-state index contributed by atoms with van der Waals surface area (Å²) in [4.78, 5) is 12.0. The molecule has 0 spiro atoms. The highest BCUT2D eigenvalue weighted by molar-refractivity contribution is 9.10. The van der Waals surface area contributed by atoms with Gasteiger partial charge in [0.05, 0.1) is 0 Å². The Kier molecular flexibility index (Phi) is 3.19. The van der Waals surface area contributed by atoms with Gasteiger partial charge in [0.1, 0.15) is 5.69 Å². The van der Waals surface area contributed by atoms with Gasteiger partial charge in [0.2, 0.25) is 0 Å². The summed E-state index contributed by atoms with van der Waals surface area (Å²) in [7, 11) is 1.77. The molecule has 0 N–H and O–H groups in total. The van der Waals surface area contributed by atoms with Gasteiger partial charge in [-0.25, -0.2) is 0 Å². The van der Waals surface area contributed by atoms with E-state index in [2.05, 4.69) is 21.0 Å². The number of carbonyl (C=O) groups excluding carboxylic acids is 1. The standard InChI is InChI=1S/C12H11BrN2O/c1-15-11(6-7-14-15)12(16)8-9-4-2-3-5-10(9)13/h2-7H,8H2,1H3. The maximum atomic E-state index is 12.0. The fourth-order valence-electron chi connectivity index (χ4n) is 1.55. The Balaban J connectivity index is 2.21. The zero-order valence-corrected chi connectivity index (χ0v) is 10.4. The number of ketones is 1. The van der Waals surface area contributed by atoms with E-state index in [0.29, 0.717) is 12.1 Å². The van der Waals surface area contributed by atoms with Gasteiger partial charge in [-0.2, -0.15) is 5.10 Å². The molecule has 1 heterocycles. The lowest BCUT2D eigenvalue weighted by Gasteiger charge is -2.03. The minimum Gasteiger partial charge on any atom is -0.292 e. The molecule has 2 aromatic rings. The van der Waals surface area contributed by atoms with Crippen LogP contribution in [0.4, 0.5) is 0 Å². The number of aryl methyl sites for hydroxylation is 1. The summed E-state index contributed by atoms with van der Waals surface area (Å²) >= 11 is 3.43. The summed E-state index contributed by atoms with van der Waals surface area (Å²) in [5, 5.41) is 3.99. The molecule has 0 amide bonds. The quantitative estimate of drug-likeness (QED) is 0.809. The molecule has 2 rings (SSSR count). The number of halogens is 1. The van der Waals surface area contributed by atoms with Crippen LogP contribution in [0, 0.1) is 0 Å². The van der Waals surface area contributed by atoms with E-state index in [4.69, 9.17) is 0 Å². The van der Waals surface area contributed by atoms with E-state index in [9.17, 15) is 4.79 Å². The van der Waals surface area contributed by atoms with Gasteiger partial charge in [-0.1, -0.05) is 34.1 Å². The number of aromatic nitrogens is 2. The van der Waals surface area contributed by atoms with E-state index in [-0.39, 0.29) is 5.78 Å². The Labute approximate surface area is 102 Å². The maximum Gasteiger partial charge on any atom is 0.185 e. The van der Waals surface area contributed by atoms with Crippen molar-refractivity contribution in [3.05, 3.63) is 52.3 Å². The van der Waals surface area contributed by atoms with Crippen LogP contribution in [0.1, 0.15) is 16.1 Å². The molecule has 82 valence electrons. The van der Waals surface area contributed by atoms with Crippen molar-refractivity contribution < 1.29 is 4.79 Å². The van der Waals surface area contributed by atoms with Crippen LogP contribution in [0.15, 0.2) is 41.0 Å². The van der Waals surface area contributed by atoms with Gasteiger partial charge in [0.15, 0.2) is 5.78 Å². The lowest BCUT2D eigenvalue weighted by Crippen LogP contribution is -2.09. The average molecular weight is 279 g/mol. The molecule has 4 heteroatoms. The molecule has 0 atom stereocenters. The van der Waals surface area contributed by atoms with Crippen LogP contribution in [0.3, 0.4) is 0 Å². The first-order chi connectivity index (χ1) is 7.68. The Morgan fingerprint density at radius 3 is 2.75 bits per heavy atom. The van der Waals surface area contributed by atoms with Crippen molar-refractivity contribution in [1.29, 1.82) is 0 Å². The number of Topliss-reactive ketones (excluding diaryl/α,β-unsaturated/α-hetero) is 1. The first-order valence-corrected chi connectivity index (χ1v) is 5.72. The predicted octanol–water partition coefficient (Wildman–Crippen LogP) is 2.61. The summed E-state index contributed by atoms with van der Waals surface area (Å²) in [6.07, 6.45) is 2.02. The van der Waals surface area contributed by atoms with Gasteiger partial charge in [0, 0.05) is 24.1 Å². The zero-order chi connectivity index (χ0) is 11.5. The third-order valence-electron chi connectivity index (χ3n) is 2.42. The normalized spacial score (nSPS) is 10.4. The highest BCUT2D eigenvalue weighted by Crippen LogP contribution is 2.17. The molecular formula is C12H11BrN2O. The SMILES string of the molecule is Cn1nccc1C(=O)Cc1ccccc1Br. The molecule has 0 radical (unpaired) electrons. The fraction of sp³-hybridized carbons (Fsp3) is 0.167. The van der Waals surface area contributed by atoms with Gasteiger partial charge < -0.3 is 0 Å². The summed E-state index contributed by atoms with van der Waals surface area (Å²) in [6, 6.07) is 9.47. The molecule has 1 aromatic heterocycles. The van der Waals surface area contributed by atoms with E-state index in [1.807, 2.05) is 24.3 Å². The molecule has 0 aliphatic rings. The van der Waals surface area contributed by atoms with E-state index < -0.39 is 0 Å². The molecule has 0 aliphatic heterocycles. The van der Waals surface area contributed by atoms with Crippen LogP contribution in [0.25, 0.3) is 0 Å². The van der Waals surface area contributed by atoms with Crippen LogP contribution in [0.2, 0.25) is 0 Å². The van der Waals surface area contributed by atoms with Crippen LogP contribution in [-0.2, 0) is 13.5 Å². The van der Waals surface area contributed by atoms with E-state index in [1.165, 1.54) is 0 Å². The number of nitrogens with zero attached hydrogens (tertiary/aromatic N) is 2. The predicted molar refractivity (Wildman–Crippen MR) is 65.4 cm³/mol. The third kappa shape index (κ3) is 2.22. The number of hydrogen-bond donors (Lipinski definition) is 0. The number of hydrogen-bond acceptors (Lipinski definition) is 2. The summed E-state index contributed by atoms with van der Waals surface area (Å²) in [6.45, 7) is 0. The Morgan fingerprint density at radius 1 is 1.38 bits per heavy atom. The van der Waals surface area contributed by atoms with Crippen molar-refractivity contribution in [2.24, 2.45) is 7.05 Å². The Bertz CT molecular complexity index is 519. The van der Waals surface area contributed by atoms with Crippen LogP contribution in [0.5, 0.6) is 0 Å². The average Bonchev–Trinajstić information content (AvgIpc) is 2.68. The van der Waals surface area contributed by atoms with Crippen molar-refractivity contribution in [2.45, 2.75) is 6.42 Å². The van der Waals surface area contributed by atoms with E-state index in [1.54, 1.807) is 24.0 Å². The molecule has 0 unspecified atom stereocenters. The summed E-state index contributed by atoms with van der Waals surface area (Å²) in [5.41, 5.74) is 1.63. The minimum atomic E-state index is 0.0758. The van der Waals surface area contributed by atoms with Gasteiger partial charge in [-0.05, 0) is 17.7 Å². The molecule has 0 saturated heterocycles. The number of benzene rings is 1. The largest absolute Gasteiger partial charge is 0.292 e. The minimum absolute atomic E-state index is 0.0758. The van der Waals surface area contributed by atoms with Gasteiger partial charge in [-0.15, -0.1) is 0 Å². The van der Waals surface area contributed by atoms with Crippen molar-refractivity contribution >= 4 is 21.7 Å². The first-order valence-electron chi connectivity index (χ1n) is 4.93. The number of carbonyl (C=O) groups is 1. The van der Waals surface area contributed by atoms with Gasteiger partial charge in [0.25, 0.3) is 0 Å². The Hall–Kier alpha value is -1.42. The molecule has 0 bridgehead atoms. The molecule has 0 fully saturated rings. The van der Waals surface area contributed by atoms with Crippen molar-refractivity contribution in [2.75, 3.05) is 0 Å². The molecule has 3 nitrogen and oxygen atoms in total. The smallest absolute Gasteiger partial charge is 0.185 e. The van der Waals surface area contributed by atoms with Crippen LogP contribution >= 0.6 is 15.9 Å². The maximum absolute atomic E-state index is 12.0. The first kappa shape index (κ1) is 11.1. The van der Waals surface area contributed by atoms with Crippen molar-refractivity contribution in [1.82, 2.24) is 9.78 Å². The lowest BCUT2D eigenvalue weighted by molar-refractivity contribution is 0.0984. The lowest BCUT2D eigenvalue weighted by atomic mass is 10.1. The highest BCUT2D eigenvalue weighted by Gasteiger charge is 2.11. The monoisotopic (exact) mass is 278 g/mol. The fourth-order valence-corrected chi connectivity index (χ4v) is 1.98. The van der Waals surface area contributed by atoms with Crippen molar-refractivity contribution in [3.8, 4) is 0 Å². The second-order valence-electron chi connectivity index (χ2n) is 3.53. The Morgan fingerprint density at radius 2 is 2.12 bits per heavy atom. The number of rotatable bonds is 3. The summed E-state index contributed by atoms with van der Waals surface area (Å²) in [5.74, 6) is 0.0758. The highest BCUT2D eigenvalue weighted by atomic mass is 79.9. The topological polar surface area (TPSA) is 34.9 Å². The molecular weight excluding hydrogens is 268 g/mol. The second-order valence-corrected chi connectivity index (χ2v) is 4.39. The molecule has 1 aromatic carbocycles. The summed E-state index contributed by atoms with van der Waals surface area (Å²) < 4.78 is 2.56. The van der Waals surface area contributed by atoms with Crippen molar-refractivity contribution in [3.63, 3.8) is 0 Å². The zero-order valence-electron chi connectivity index (χ0n) is 8.85. The molecule has 0 saturated carbocycles. The van der Waals surface area contributed by atoms with Gasteiger partial charge in [-0.3, -0.25) is 9.48 Å².